The maximum Gasteiger partial charge on any atom is 0.416 e. The van der Waals surface area contributed by atoms with Gasteiger partial charge in [0, 0.05) is 17.0 Å². The minimum Gasteiger partial charge on any atom is -0.396 e. The molecule has 0 aliphatic carbocycles. The first kappa shape index (κ1) is 12.5. The second kappa shape index (κ2) is 4.53. The lowest BCUT2D eigenvalue weighted by Crippen LogP contribution is -2.07. The Labute approximate surface area is 94.0 Å². The third-order valence-electron chi connectivity index (χ3n) is 1.94. The molecule has 1 rings (SSSR count). The number of aliphatic hydroxyl groups excluding tert-OH is 1. The molecule has 0 spiro atoms. The molecule has 1 N–H and O–H groups in total. The molecule has 1 atom stereocenters. The highest BCUT2D eigenvalue weighted by Gasteiger charge is 2.31. The number of rotatable bonds is 2. The summed E-state index contributed by atoms with van der Waals surface area (Å²) in [6.07, 6.45) is -4.38. The molecule has 1 aromatic carbocycles. The minimum absolute atomic E-state index is 0.284. The maximum absolute atomic E-state index is 12.4. The fourth-order valence-corrected chi connectivity index (χ4v) is 1.63. The molecule has 0 aromatic heterocycles. The lowest BCUT2D eigenvalue weighted by atomic mass is 10.00. The van der Waals surface area contributed by atoms with Crippen molar-refractivity contribution in [3.8, 4) is 0 Å². The van der Waals surface area contributed by atoms with Crippen LogP contribution in [0.15, 0.2) is 22.7 Å². The highest BCUT2D eigenvalue weighted by Crippen LogP contribution is 2.33. The van der Waals surface area contributed by atoms with Crippen LogP contribution in [0, 0.1) is 6.92 Å². The summed E-state index contributed by atoms with van der Waals surface area (Å²) in [4.78, 5) is 0. The summed E-state index contributed by atoms with van der Waals surface area (Å²) < 4.78 is 37.6. The van der Waals surface area contributed by atoms with Crippen molar-refractivity contribution >= 4 is 15.9 Å². The Bertz CT molecular complexity index is 349. The van der Waals surface area contributed by atoms with Gasteiger partial charge in [0.2, 0.25) is 0 Å². The molecule has 83 valence electrons. The van der Waals surface area contributed by atoms with Gasteiger partial charge >= 0.3 is 6.18 Å². The molecular formula is C10H9BrF3O. The Morgan fingerprint density at radius 2 is 1.93 bits per heavy atom. The van der Waals surface area contributed by atoms with Gasteiger partial charge in [-0.1, -0.05) is 15.9 Å². The first-order valence-corrected chi connectivity index (χ1v) is 4.95. The molecule has 0 fully saturated rings. The lowest BCUT2D eigenvalue weighted by Gasteiger charge is -2.13. The van der Waals surface area contributed by atoms with Gasteiger partial charge < -0.3 is 5.11 Å². The van der Waals surface area contributed by atoms with Crippen LogP contribution in [0.3, 0.4) is 0 Å². The van der Waals surface area contributed by atoms with Crippen molar-refractivity contribution in [2.45, 2.75) is 12.1 Å². The zero-order chi connectivity index (χ0) is 11.6. The van der Waals surface area contributed by atoms with Crippen LogP contribution in [0.4, 0.5) is 13.2 Å². The summed E-state index contributed by atoms with van der Waals surface area (Å²) in [7, 11) is 0. The minimum atomic E-state index is -4.38. The Kier molecular flexibility index (Phi) is 3.78. The SMILES string of the molecule is [CH2]C(CO)c1cc(Br)cc(C(F)(F)F)c1. The van der Waals surface area contributed by atoms with Crippen LogP contribution < -0.4 is 0 Å². The summed E-state index contributed by atoms with van der Waals surface area (Å²) >= 11 is 2.99. The fraction of sp³-hybridized carbons (Fsp3) is 0.300. The van der Waals surface area contributed by atoms with Gasteiger partial charge in [0.15, 0.2) is 0 Å². The molecule has 0 bridgehead atoms. The molecule has 0 saturated heterocycles. The lowest BCUT2D eigenvalue weighted by molar-refractivity contribution is -0.137. The molecule has 5 heteroatoms. The van der Waals surface area contributed by atoms with Crippen LogP contribution in [-0.4, -0.2) is 11.7 Å². The van der Waals surface area contributed by atoms with E-state index in [1.54, 1.807) is 0 Å². The summed E-state index contributed by atoms with van der Waals surface area (Å²) in [5.74, 6) is -0.552. The van der Waals surface area contributed by atoms with Crippen molar-refractivity contribution < 1.29 is 18.3 Å². The van der Waals surface area contributed by atoms with Gasteiger partial charge in [-0.25, -0.2) is 0 Å². The van der Waals surface area contributed by atoms with Gasteiger partial charge in [0.1, 0.15) is 0 Å². The molecule has 0 amide bonds. The Morgan fingerprint density at radius 3 is 2.40 bits per heavy atom. The van der Waals surface area contributed by atoms with Gasteiger partial charge in [-0.05, 0) is 30.7 Å². The number of alkyl halides is 3. The molecule has 1 unspecified atom stereocenters. The summed E-state index contributed by atoms with van der Waals surface area (Å²) in [6.45, 7) is 3.27. The van der Waals surface area contributed by atoms with Gasteiger partial charge in [-0.15, -0.1) is 0 Å². The molecule has 1 aromatic rings. The van der Waals surface area contributed by atoms with E-state index >= 15 is 0 Å². The van der Waals surface area contributed by atoms with E-state index in [4.69, 9.17) is 5.11 Å². The average molecular weight is 282 g/mol. The number of benzene rings is 1. The summed E-state index contributed by atoms with van der Waals surface area (Å²) in [5, 5.41) is 8.81. The number of halogens is 4. The highest BCUT2D eigenvalue weighted by atomic mass is 79.9. The topological polar surface area (TPSA) is 20.2 Å². The fourth-order valence-electron chi connectivity index (χ4n) is 1.12. The molecule has 0 heterocycles. The van der Waals surface area contributed by atoms with Crippen LogP contribution in [-0.2, 0) is 6.18 Å². The third-order valence-corrected chi connectivity index (χ3v) is 2.40. The van der Waals surface area contributed by atoms with E-state index in [2.05, 4.69) is 22.9 Å². The van der Waals surface area contributed by atoms with Crippen molar-refractivity contribution in [2.24, 2.45) is 0 Å². The number of aliphatic hydroxyl groups is 1. The van der Waals surface area contributed by atoms with E-state index in [-0.39, 0.29) is 6.61 Å². The van der Waals surface area contributed by atoms with Crippen LogP contribution in [0.25, 0.3) is 0 Å². The van der Waals surface area contributed by atoms with Gasteiger partial charge in [0.05, 0.1) is 5.56 Å². The van der Waals surface area contributed by atoms with Crippen LogP contribution in [0.1, 0.15) is 17.0 Å². The molecule has 0 saturated carbocycles. The van der Waals surface area contributed by atoms with Gasteiger partial charge in [-0.3, -0.25) is 0 Å². The van der Waals surface area contributed by atoms with E-state index in [1.165, 1.54) is 6.07 Å². The molecule has 0 aliphatic rings. The third kappa shape index (κ3) is 3.21. The first-order valence-electron chi connectivity index (χ1n) is 4.16. The predicted octanol–water partition coefficient (Wildman–Crippen LogP) is 3.38. The Balaban J connectivity index is 3.17. The smallest absolute Gasteiger partial charge is 0.396 e. The first-order chi connectivity index (χ1) is 6.84. The van der Waals surface area contributed by atoms with E-state index in [1.807, 2.05) is 0 Å². The zero-order valence-corrected chi connectivity index (χ0v) is 9.27. The molecule has 1 nitrogen and oxygen atoms in total. The molecule has 1 radical (unpaired) electrons. The second-order valence-corrected chi connectivity index (χ2v) is 4.07. The quantitative estimate of drug-likeness (QED) is 0.881. The average Bonchev–Trinajstić information content (AvgIpc) is 2.14. The molecule has 15 heavy (non-hydrogen) atoms. The van der Waals surface area contributed by atoms with Crippen molar-refractivity contribution in [3.05, 3.63) is 40.7 Å². The maximum atomic E-state index is 12.4. The highest BCUT2D eigenvalue weighted by molar-refractivity contribution is 9.10. The Hall–Kier alpha value is -0.550. The summed E-state index contributed by atoms with van der Waals surface area (Å²) in [6, 6.07) is 3.51. The van der Waals surface area contributed by atoms with Crippen LogP contribution in [0.2, 0.25) is 0 Å². The van der Waals surface area contributed by atoms with Gasteiger partial charge in [0.25, 0.3) is 0 Å². The van der Waals surface area contributed by atoms with E-state index in [9.17, 15) is 13.2 Å². The second-order valence-electron chi connectivity index (χ2n) is 3.15. The van der Waals surface area contributed by atoms with E-state index in [0.29, 0.717) is 10.0 Å². The normalized spacial score (nSPS) is 14.0. The van der Waals surface area contributed by atoms with E-state index in [0.717, 1.165) is 12.1 Å². The van der Waals surface area contributed by atoms with E-state index < -0.39 is 17.7 Å². The molecule has 0 aliphatic heterocycles. The standard InChI is InChI=1S/C10H9BrF3O/c1-6(5-15)7-2-8(10(12,13)14)4-9(11)3-7/h2-4,6,15H,1,5H2. The number of hydrogen-bond acceptors (Lipinski definition) is 1. The largest absolute Gasteiger partial charge is 0.416 e. The van der Waals surface area contributed by atoms with Crippen molar-refractivity contribution in [3.63, 3.8) is 0 Å². The summed E-state index contributed by atoms with van der Waals surface area (Å²) in [5.41, 5.74) is -0.381. The van der Waals surface area contributed by atoms with Gasteiger partial charge in [-0.2, -0.15) is 13.2 Å². The predicted molar refractivity (Wildman–Crippen MR) is 54.3 cm³/mol. The van der Waals surface area contributed by atoms with Crippen LogP contribution >= 0.6 is 15.9 Å². The van der Waals surface area contributed by atoms with Crippen LogP contribution in [0.5, 0.6) is 0 Å². The van der Waals surface area contributed by atoms with Crippen molar-refractivity contribution in [1.82, 2.24) is 0 Å². The zero-order valence-electron chi connectivity index (χ0n) is 7.68. The van der Waals surface area contributed by atoms with Crippen molar-refractivity contribution in [2.75, 3.05) is 6.61 Å². The number of hydrogen-bond donors (Lipinski definition) is 1. The Morgan fingerprint density at radius 1 is 1.33 bits per heavy atom. The van der Waals surface area contributed by atoms with Crippen molar-refractivity contribution in [1.29, 1.82) is 0 Å². The molecular weight excluding hydrogens is 273 g/mol. The monoisotopic (exact) mass is 281 g/mol.